The van der Waals surface area contributed by atoms with Crippen molar-refractivity contribution in [1.82, 2.24) is 10.6 Å². The van der Waals surface area contributed by atoms with E-state index in [1.807, 2.05) is 25.1 Å². The molecular formula is C29H40F3N3O4. The molecular weight excluding hydrogens is 511 g/mol. The molecule has 0 aromatic heterocycles. The van der Waals surface area contributed by atoms with E-state index in [4.69, 9.17) is 10.5 Å². The summed E-state index contributed by atoms with van der Waals surface area (Å²) < 4.78 is 52.3. The van der Waals surface area contributed by atoms with Gasteiger partial charge < -0.3 is 25.8 Å². The van der Waals surface area contributed by atoms with Crippen LogP contribution in [0.25, 0.3) is 0 Å². The van der Waals surface area contributed by atoms with E-state index >= 15 is 0 Å². The van der Waals surface area contributed by atoms with Crippen molar-refractivity contribution in [1.29, 1.82) is 0 Å². The zero-order chi connectivity index (χ0) is 28.8. The maximum Gasteiger partial charge on any atom is 0.407 e. The van der Waals surface area contributed by atoms with Crippen molar-refractivity contribution in [3.63, 3.8) is 0 Å². The third-order valence-corrected chi connectivity index (χ3v) is 6.34. The smallest absolute Gasteiger partial charge is 0.407 e. The molecule has 7 nitrogen and oxygen atoms in total. The number of benzene rings is 2. The first-order chi connectivity index (χ1) is 18.6. The Morgan fingerprint density at radius 3 is 2.36 bits per heavy atom. The molecule has 0 aliphatic heterocycles. The number of nitrogens with two attached hydrogens (primary N) is 1. The molecule has 39 heavy (non-hydrogen) atoms. The van der Waals surface area contributed by atoms with Gasteiger partial charge in [0, 0.05) is 31.6 Å². The normalized spacial score (nSPS) is 14.2. The summed E-state index contributed by atoms with van der Waals surface area (Å²) in [5, 5.41) is 5.56. The Kier molecular flexibility index (Phi) is 13.8. The van der Waals surface area contributed by atoms with Gasteiger partial charge in [-0.1, -0.05) is 51.0 Å². The second-order valence-electron chi connectivity index (χ2n) is 9.59. The summed E-state index contributed by atoms with van der Waals surface area (Å²) in [5.74, 6) is -2.37. The number of amides is 1. The molecule has 0 aliphatic rings. The molecule has 1 unspecified atom stereocenters. The van der Waals surface area contributed by atoms with Crippen LogP contribution in [0.15, 0.2) is 42.5 Å². The van der Waals surface area contributed by atoms with Crippen LogP contribution in [0.3, 0.4) is 0 Å². The maximum absolute atomic E-state index is 14.6. The molecule has 216 valence electrons. The molecule has 0 radical (unpaired) electrons. The van der Waals surface area contributed by atoms with E-state index < -0.39 is 48.1 Å². The van der Waals surface area contributed by atoms with Crippen molar-refractivity contribution in [3.8, 4) is 0 Å². The largest absolute Gasteiger partial charge is 0.458 e. The number of ether oxygens (including phenoxy) is 2. The van der Waals surface area contributed by atoms with Gasteiger partial charge in [0.1, 0.15) is 30.0 Å². The van der Waals surface area contributed by atoms with Crippen LogP contribution in [-0.2, 0) is 33.7 Å². The monoisotopic (exact) mass is 551 g/mol. The van der Waals surface area contributed by atoms with Crippen molar-refractivity contribution >= 4 is 12.1 Å². The van der Waals surface area contributed by atoms with Crippen molar-refractivity contribution in [2.45, 2.75) is 83.3 Å². The molecule has 0 heterocycles. The van der Waals surface area contributed by atoms with Gasteiger partial charge >= 0.3 is 12.1 Å². The lowest BCUT2D eigenvalue weighted by atomic mass is 10.0. The first-order valence-corrected chi connectivity index (χ1v) is 13.3. The van der Waals surface area contributed by atoms with Crippen LogP contribution in [0.1, 0.15) is 56.2 Å². The predicted molar refractivity (Wildman–Crippen MR) is 144 cm³/mol. The standard InChI is InChI=1S/C29H40F3N3O4/c1-4-6-10-22(30)16-26(35-29(37)38-3)28(36)39-27(18-34-17-20-9-7-8-19(5-2)11-20)25(33)14-21-12-23(31)15-24(32)13-21/h7-9,11-13,15,22,25-27,34H,4-6,10,14,16-18,33H2,1-3H3,(H,35,37)/t22?,25-,26+,27+/m0/s1. The molecule has 2 rings (SSSR count). The minimum Gasteiger partial charge on any atom is -0.458 e. The van der Waals surface area contributed by atoms with Crippen LogP contribution in [0, 0.1) is 11.6 Å². The lowest BCUT2D eigenvalue weighted by Gasteiger charge is -2.27. The zero-order valence-corrected chi connectivity index (χ0v) is 22.9. The number of carbonyl (C=O) groups excluding carboxylic acids is 2. The molecule has 0 aliphatic carbocycles. The molecule has 4 N–H and O–H groups in total. The second-order valence-corrected chi connectivity index (χ2v) is 9.59. The van der Waals surface area contributed by atoms with Gasteiger partial charge in [-0.15, -0.1) is 0 Å². The van der Waals surface area contributed by atoms with Gasteiger partial charge in [0.05, 0.1) is 7.11 Å². The SMILES string of the molecule is CCCCC(F)C[C@@H](NC(=O)OC)C(=O)O[C@H](CNCc1cccc(CC)c1)[C@@H](N)Cc1cc(F)cc(F)c1. The van der Waals surface area contributed by atoms with E-state index in [1.165, 1.54) is 5.56 Å². The van der Waals surface area contributed by atoms with E-state index in [1.54, 1.807) is 0 Å². The van der Waals surface area contributed by atoms with Crippen molar-refractivity contribution in [3.05, 3.63) is 70.8 Å². The van der Waals surface area contributed by atoms with E-state index in [0.717, 1.165) is 43.7 Å². The summed E-state index contributed by atoms with van der Waals surface area (Å²) >= 11 is 0. The molecule has 0 bridgehead atoms. The number of alkyl carbamates (subject to hydrolysis) is 1. The predicted octanol–water partition coefficient (Wildman–Crippen LogP) is 4.74. The van der Waals surface area contributed by atoms with E-state index in [2.05, 4.69) is 28.4 Å². The second kappa shape index (κ2) is 16.8. The quantitative estimate of drug-likeness (QED) is 0.261. The van der Waals surface area contributed by atoms with Crippen molar-refractivity contribution < 1.29 is 32.2 Å². The fourth-order valence-electron chi connectivity index (χ4n) is 4.18. The number of nitrogens with one attached hydrogen (secondary N) is 2. The lowest BCUT2D eigenvalue weighted by molar-refractivity contribution is -0.153. The highest BCUT2D eigenvalue weighted by Gasteiger charge is 2.31. The highest BCUT2D eigenvalue weighted by Crippen LogP contribution is 2.16. The third-order valence-electron chi connectivity index (χ3n) is 6.34. The number of hydrogen-bond donors (Lipinski definition) is 3. The molecule has 1 amide bonds. The van der Waals surface area contributed by atoms with Gasteiger partial charge in [-0.25, -0.2) is 22.8 Å². The number of hydrogen-bond acceptors (Lipinski definition) is 6. The first-order valence-electron chi connectivity index (χ1n) is 13.3. The van der Waals surface area contributed by atoms with Gasteiger partial charge in [-0.05, 0) is 48.1 Å². The van der Waals surface area contributed by atoms with Crippen LogP contribution in [0.5, 0.6) is 0 Å². The molecule has 2 aromatic rings. The maximum atomic E-state index is 14.6. The Hall–Kier alpha value is -3.11. The average molecular weight is 552 g/mol. The van der Waals surface area contributed by atoms with Crippen LogP contribution < -0.4 is 16.4 Å². The van der Waals surface area contributed by atoms with Gasteiger partial charge in [-0.2, -0.15) is 0 Å². The fraction of sp³-hybridized carbons (Fsp3) is 0.517. The van der Waals surface area contributed by atoms with E-state index in [9.17, 15) is 22.8 Å². The summed E-state index contributed by atoms with van der Waals surface area (Å²) in [4.78, 5) is 25.0. The molecule has 0 saturated heterocycles. The fourth-order valence-corrected chi connectivity index (χ4v) is 4.18. The van der Waals surface area contributed by atoms with E-state index in [0.29, 0.717) is 18.5 Å². The average Bonchev–Trinajstić information content (AvgIpc) is 2.90. The van der Waals surface area contributed by atoms with Gasteiger partial charge in [0.25, 0.3) is 0 Å². The number of alkyl halides is 1. The minimum atomic E-state index is -1.34. The number of halogens is 3. The Balaban J connectivity index is 2.18. The summed E-state index contributed by atoms with van der Waals surface area (Å²) in [6.07, 6.45) is -0.947. The number of aryl methyl sites for hydroxylation is 1. The molecule has 10 heteroatoms. The summed E-state index contributed by atoms with van der Waals surface area (Å²) in [5.41, 5.74) is 8.85. The Morgan fingerprint density at radius 2 is 1.72 bits per heavy atom. The summed E-state index contributed by atoms with van der Waals surface area (Å²) in [6, 6.07) is 8.91. The number of esters is 1. The summed E-state index contributed by atoms with van der Waals surface area (Å²) in [7, 11) is 1.13. The Morgan fingerprint density at radius 1 is 1.03 bits per heavy atom. The van der Waals surface area contributed by atoms with Gasteiger partial charge in [0.2, 0.25) is 0 Å². The zero-order valence-electron chi connectivity index (χ0n) is 22.9. The van der Waals surface area contributed by atoms with Crippen molar-refractivity contribution in [2.75, 3.05) is 13.7 Å². The molecule has 2 aromatic carbocycles. The molecule has 0 saturated carbocycles. The highest BCUT2D eigenvalue weighted by atomic mass is 19.1. The number of unbranched alkanes of at least 4 members (excludes halogenated alkanes) is 1. The van der Waals surface area contributed by atoms with Gasteiger partial charge in [-0.3, -0.25) is 0 Å². The Labute approximate surface area is 228 Å². The van der Waals surface area contributed by atoms with E-state index in [-0.39, 0.29) is 25.8 Å². The minimum absolute atomic E-state index is 0.0109. The lowest BCUT2D eigenvalue weighted by Crippen LogP contribution is -2.50. The number of carbonyl (C=O) groups is 2. The molecule has 0 fully saturated rings. The summed E-state index contributed by atoms with van der Waals surface area (Å²) in [6.45, 7) is 4.55. The van der Waals surface area contributed by atoms with Crippen LogP contribution in [-0.4, -0.2) is 50.1 Å². The highest BCUT2D eigenvalue weighted by molar-refractivity contribution is 5.81. The molecule has 0 spiro atoms. The topological polar surface area (TPSA) is 103 Å². The number of rotatable bonds is 16. The van der Waals surface area contributed by atoms with Gasteiger partial charge in [0.15, 0.2) is 0 Å². The van der Waals surface area contributed by atoms with Crippen LogP contribution in [0.2, 0.25) is 0 Å². The first kappa shape index (κ1) is 32.1. The van der Waals surface area contributed by atoms with Crippen molar-refractivity contribution in [2.24, 2.45) is 5.73 Å². The van der Waals surface area contributed by atoms with Crippen LogP contribution in [0.4, 0.5) is 18.0 Å². The third kappa shape index (κ3) is 11.7. The molecule has 4 atom stereocenters. The Bertz CT molecular complexity index is 1040. The van der Waals surface area contributed by atoms with Crippen LogP contribution >= 0.6 is 0 Å². The number of methoxy groups -OCH3 is 1.